The highest BCUT2D eigenvalue weighted by atomic mass is 15.1. The summed E-state index contributed by atoms with van der Waals surface area (Å²) in [5.74, 6) is 2.65. The van der Waals surface area contributed by atoms with Crippen molar-refractivity contribution >= 4 is 0 Å². The molecule has 0 saturated heterocycles. The lowest BCUT2D eigenvalue weighted by Crippen LogP contribution is -2.45. The van der Waals surface area contributed by atoms with Crippen LogP contribution in [0.15, 0.2) is 0 Å². The van der Waals surface area contributed by atoms with Gasteiger partial charge in [-0.3, -0.25) is 0 Å². The van der Waals surface area contributed by atoms with Crippen molar-refractivity contribution in [1.82, 2.24) is 10.2 Å². The fraction of sp³-hybridized carbons (Fsp3) is 1.00. The Kier molecular flexibility index (Phi) is 8.01. The number of rotatable bonds is 8. The van der Waals surface area contributed by atoms with Gasteiger partial charge in [0.25, 0.3) is 0 Å². The maximum Gasteiger partial charge on any atom is 0.0108 e. The Morgan fingerprint density at radius 3 is 2.53 bits per heavy atom. The van der Waals surface area contributed by atoms with Crippen molar-refractivity contribution in [3.8, 4) is 0 Å². The zero-order chi connectivity index (χ0) is 14.3. The third kappa shape index (κ3) is 6.27. The zero-order valence-corrected chi connectivity index (χ0v) is 13.9. The van der Waals surface area contributed by atoms with Gasteiger partial charge in [0.2, 0.25) is 0 Å². The Morgan fingerprint density at radius 1 is 1.21 bits per heavy atom. The minimum atomic E-state index is 0.759. The van der Waals surface area contributed by atoms with E-state index in [4.69, 9.17) is 0 Å². The maximum absolute atomic E-state index is 3.72. The maximum atomic E-state index is 3.72. The van der Waals surface area contributed by atoms with E-state index >= 15 is 0 Å². The first-order valence-corrected chi connectivity index (χ1v) is 8.48. The zero-order valence-electron chi connectivity index (χ0n) is 13.9. The van der Waals surface area contributed by atoms with E-state index in [-0.39, 0.29) is 0 Å². The normalized spacial score (nSPS) is 28.3. The lowest BCUT2D eigenvalue weighted by molar-refractivity contribution is 0.150. The van der Waals surface area contributed by atoms with Gasteiger partial charge in [-0.2, -0.15) is 0 Å². The number of nitrogens with one attached hydrogen (secondary N) is 1. The molecule has 0 radical (unpaired) electrons. The van der Waals surface area contributed by atoms with Crippen LogP contribution in [0.5, 0.6) is 0 Å². The van der Waals surface area contributed by atoms with Gasteiger partial charge in [0.15, 0.2) is 0 Å². The first kappa shape index (κ1) is 17.0. The molecule has 0 aromatic heterocycles. The molecule has 3 unspecified atom stereocenters. The van der Waals surface area contributed by atoms with Gasteiger partial charge < -0.3 is 10.2 Å². The Morgan fingerprint density at radius 2 is 1.95 bits per heavy atom. The molecular weight excluding hydrogens is 232 g/mol. The Balaban J connectivity index is 2.44. The van der Waals surface area contributed by atoms with Crippen LogP contribution >= 0.6 is 0 Å². The molecule has 0 aromatic rings. The van der Waals surface area contributed by atoms with Gasteiger partial charge in [0.1, 0.15) is 0 Å². The summed E-state index contributed by atoms with van der Waals surface area (Å²) in [5, 5.41) is 3.72. The highest BCUT2D eigenvalue weighted by Crippen LogP contribution is 2.31. The minimum Gasteiger partial charge on any atom is -0.314 e. The summed E-state index contributed by atoms with van der Waals surface area (Å²) in [4.78, 5) is 2.56. The van der Waals surface area contributed by atoms with Crippen LogP contribution in [-0.2, 0) is 0 Å². The molecule has 0 aliphatic heterocycles. The SMILES string of the molecule is CCNC1CCC(CC)CC1CN(C)CCC(C)C. The van der Waals surface area contributed by atoms with Crippen molar-refractivity contribution in [3.05, 3.63) is 0 Å². The standard InChI is InChI=1S/C17H36N2/c1-6-15-8-9-17(18-7-2)16(12-15)13-19(5)11-10-14(3)4/h14-18H,6-13H2,1-5H3. The van der Waals surface area contributed by atoms with E-state index in [0.717, 1.165) is 30.3 Å². The second-order valence-corrected chi connectivity index (χ2v) is 6.96. The lowest BCUT2D eigenvalue weighted by Gasteiger charge is -2.38. The molecule has 3 atom stereocenters. The molecule has 0 spiro atoms. The molecule has 0 amide bonds. The van der Waals surface area contributed by atoms with Crippen molar-refractivity contribution in [1.29, 1.82) is 0 Å². The van der Waals surface area contributed by atoms with Crippen LogP contribution < -0.4 is 5.32 Å². The Labute approximate surface area is 121 Å². The summed E-state index contributed by atoms with van der Waals surface area (Å²) in [6.07, 6.45) is 6.94. The largest absolute Gasteiger partial charge is 0.314 e. The Hall–Kier alpha value is -0.0800. The van der Waals surface area contributed by atoms with E-state index in [2.05, 4.69) is 45.0 Å². The second kappa shape index (κ2) is 8.97. The van der Waals surface area contributed by atoms with Crippen molar-refractivity contribution in [2.75, 3.05) is 26.7 Å². The molecule has 19 heavy (non-hydrogen) atoms. The van der Waals surface area contributed by atoms with Crippen molar-refractivity contribution in [3.63, 3.8) is 0 Å². The van der Waals surface area contributed by atoms with E-state index in [0.29, 0.717) is 0 Å². The molecule has 1 aliphatic carbocycles. The van der Waals surface area contributed by atoms with Crippen LogP contribution in [0, 0.1) is 17.8 Å². The van der Waals surface area contributed by atoms with Gasteiger partial charge >= 0.3 is 0 Å². The fourth-order valence-corrected chi connectivity index (χ4v) is 3.43. The van der Waals surface area contributed by atoms with Crippen LogP contribution in [0.1, 0.15) is 59.8 Å². The van der Waals surface area contributed by atoms with Crippen molar-refractivity contribution < 1.29 is 0 Å². The van der Waals surface area contributed by atoms with Crippen LogP contribution in [0.25, 0.3) is 0 Å². The molecule has 0 bridgehead atoms. The van der Waals surface area contributed by atoms with E-state index < -0.39 is 0 Å². The quantitative estimate of drug-likeness (QED) is 0.721. The van der Waals surface area contributed by atoms with Gasteiger partial charge in [0, 0.05) is 12.6 Å². The molecule has 0 aromatic carbocycles. The first-order chi connectivity index (χ1) is 9.06. The molecule has 1 fully saturated rings. The van der Waals surface area contributed by atoms with Gasteiger partial charge in [-0.05, 0) is 63.6 Å². The number of hydrogen-bond acceptors (Lipinski definition) is 2. The summed E-state index contributed by atoms with van der Waals surface area (Å²) in [6, 6.07) is 0.759. The highest BCUT2D eigenvalue weighted by Gasteiger charge is 2.29. The third-order valence-electron chi connectivity index (χ3n) is 4.77. The summed E-state index contributed by atoms with van der Waals surface area (Å²) in [7, 11) is 2.31. The van der Waals surface area contributed by atoms with E-state index in [1.807, 2.05) is 0 Å². The third-order valence-corrected chi connectivity index (χ3v) is 4.77. The van der Waals surface area contributed by atoms with Gasteiger partial charge in [-0.1, -0.05) is 34.1 Å². The fourth-order valence-electron chi connectivity index (χ4n) is 3.43. The van der Waals surface area contributed by atoms with E-state index in [1.165, 1.54) is 45.2 Å². The van der Waals surface area contributed by atoms with E-state index in [9.17, 15) is 0 Å². The molecule has 2 nitrogen and oxygen atoms in total. The smallest absolute Gasteiger partial charge is 0.0108 e. The highest BCUT2D eigenvalue weighted by molar-refractivity contribution is 4.85. The second-order valence-electron chi connectivity index (χ2n) is 6.96. The summed E-state index contributed by atoms with van der Waals surface area (Å²) in [5.41, 5.74) is 0. The molecular formula is C17H36N2. The molecule has 0 heterocycles. The van der Waals surface area contributed by atoms with Gasteiger partial charge in [-0.15, -0.1) is 0 Å². The van der Waals surface area contributed by atoms with Crippen LogP contribution in [0.4, 0.5) is 0 Å². The predicted octanol–water partition coefficient (Wildman–Crippen LogP) is 3.77. The van der Waals surface area contributed by atoms with Crippen molar-refractivity contribution in [2.45, 2.75) is 65.8 Å². The van der Waals surface area contributed by atoms with Crippen LogP contribution in [0.2, 0.25) is 0 Å². The van der Waals surface area contributed by atoms with E-state index in [1.54, 1.807) is 0 Å². The molecule has 1 aliphatic rings. The van der Waals surface area contributed by atoms with Crippen LogP contribution in [0.3, 0.4) is 0 Å². The number of hydrogen-bond donors (Lipinski definition) is 1. The average molecular weight is 268 g/mol. The summed E-state index contributed by atoms with van der Waals surface area (Å²) < 4.78 is 0. The number of nitrogens with zero attached hydrogens (tertiary/aromatic N) is 1. The molecule has 1 rings (SSSR count). The summed E-state index contributed by atoms with van der Waals surface area (Å²) >= 11 is 0. The lowest BCUT2D eigenvalue weighted by atomic mass is 9.76. The molecule has 2 heteroatoms. The molecule has 1 saturated carbocycles. The van der Waals surface area contributed by atoms with Crippen molar-refractivity contribution in [2.24, 2.45) is 17.8 Å². The predicted molar refractivity (Wildman–Crippen MR) is 85.5 cm³/mol. The minimum absolute atomic E-state index is 0.759. The average Bonchev–Trinajstić information content (AvgIpc) is 2.38. The Bertz CT molecular complexity index is 227. The first-order valence-electron chi connectivity index (χ1n) is 8.48. The van der Waals surface area contributed by atoms with Gasteiger partial charge in [-0.25, -0.2) is 0 Å². The van der Waals surface area contributed by atoms with Gasteiger partial charge in [0.05, 0.1) is 0 Å². The van der Waals surface area contributed by atoms with Crippen LogP contribution in [-0.4, -0.2) is 37.6 Å². The monoisotopic (exact) mass is 268 g/mol. The molecule has 1 N–H and O–H groups in total. The molecule has 114 valence electrons. The topological polar surface area (TPSA) is 15.3 Å². The summed E-state index contributed by atoms with van der Waals surface area (Å²) in [6.45, 7) is 12.9.